The summed E-state index contributed by atoms with van der Waals surface area (Å²) in [6.45, 7) is 3.88. The van der Waals surface area contributed by atoms with Gasteiger partial charge in [0, 0.05) is 27.4 Å². The second-order valence-corrected chi connectivity index (χ2v) is 8.03. The van der Waals surface area contributed by atoms with Crippen molar-refractivity contribution in [3.63, 3.8) is 0 Å². The summed E-state index contributed by atoms with van der Waals surface area (Å²) in [5, 5.41) is 3.85. The quantitative estimate of drug-likeness (QED) is 0.185. The lowest BCUT2D eigenvalue weighted by molar-refractivity contribution is 0.0139. The van der Waals surface area contributed by atoms with Gasteiger partial charge in [0.05, 0.1) is 23.2 Å². The second kappa shape index (κ2) is 9.00. The summed E-state index contributed by atoms with van der Waals surface area (Å²) in [6.07, 6.45) is 6.61. The lowest BCUT2D eigenvalue weighted by Gasteiger charge is -2.13. The van der Waals surface area contributed by atoms with E-state index >= 15 is 0 Å². The summed E-state index contributed by atoms with van der Waals surface area (Å²) in [4.78, 5) is 22.5. The van der Waals surface area contributed by atoms with Gasteiger partial charge in [0.15, 0.2) is 0 Å². The van der Waals surface area contributed by atoms with Gasteiger partial charge in [0.25, 0.3) is 5.91 Å². The summed E-state index contributed by atoms with van der Waals surface area (Å²) in [5.41, 5.74) is 4.48. The average Bonchev–Trinajstić information content (AvgIpc) is 3.52. The van der Waals surface area contributed by atoms with E-state index in [2.05, 4.69) is 45.0 Å². The van der Waals surface area contributed by atoms with Crippen LogP contribution in [-0.2, 0) is 9.57 Å². The second-order valence-electron chi connectivity index (χ2n) is 6.78. The zero-order chi connectivity index (χ0) is 21.1. The highest BCUT2D eigenvalue weighted by molar-refractivity contribution is 14.1. The van der Waals surface area contributed by atoms with Gasteiger partial charge in [-0.1, -0.05) is 6.58 Å². The van der Waals surface area contributed by atoms with Crippen molar-refractivity contribution in [3.05, 3.63) is 64.6 Å². The van der Waals surface area contributed by atoms with Gasteiger partial charge < -0.3 is 14.6 Å². The van der Waals surface area contributed by atoms with Crippen molar-refractivity contribution in [2.75, 3.05) is 18.5 Å². The number of fused-ring (bicyclic) bond motifs is 1. The van der Waals surface area contributed by atoms with Crippen LogP contribution in [0.25, 0.3) is 10.9 Å². The van der Waals surface area contributed by atoms with Crippen LogP contribution in [0.2, 0.25) is 0 Å². The zero-order valence-electron chi connectivity index (χ0n) is 16.0. The molecular weight excluding hydrogens is 502 g/mol. The van der Waals surface area contributed by atoms with E-state index in [-0.39, 0.29) is 24.9 Å². The molecule has 2 heterocycles. The Hall–Kier alpha value is -2.66. The fraction of sp³-hybridized carbons (Fsp3) is 0.238. The number of ether oxygens (including phenoxy) is 1. The van der Waals surface area contributed by atoms with Crippen molar-refractivity contribution in [2.45, 2.75) is 18.9 Å². The summed E-state index contributed by atoms with van der Waals surface area (Å²) >= 11 is 2.05. The largest absolute Gasteiger partial charge is 0.499 e. The highest BCUT2D eigenvalue weighted by atomic mass is 127. The summed E-state index contributed by atoms with van der Waals surface area (Å²) in [5.74, 6) is -0.826. The highest BCUT2D eigenvalue weighted by Crippen LogP contribution is 2.43. The minimum Gasteiger partial charge on any atom is -0.499 e. The molecule has 156 valence electrons. The molecule has 2 N–H and O–H groups in total. The number of hydrogen-bond donors (Lipinski definition) is 2. The first-order chi connectivity index (χ1) is 14.6. The Bertz CT molecular complexity index is 1100. The maximum atomic E-state index is 14.5. The molecule has 0 aliphatic heterocycles. The fourth-order valence-electron chi connectivity index (χ4n) is 3.28. The van der Waals surface area contributed by atoms with Crippen LogP contribution < -0.4 is 10.8 Å². The van der Waals surface area contributed by atoms with Crippen LogP contribution in [0, 0.1) is 9.39 Å². The molecule has 1 aliphatic carbocycles. The molecule has 0 bridgehead atoms. The van der Waals surface area contributed by atoms with Crippen molar-refractivity contribution in [1.82, 2.24) is 15.0 Å². The predicted octanol–water partition coefficient (Wildman–Crippen LogP) is 4.68. The number of nitrogens with zero attached hydrogens (tertiary/aromatic N) is 2. The number of aromatic nitrogens is 2. The predicted molar refractivity (Wildman–Crippen MR) is 120 cm³/mol. The third kappa shape index (κ3) is 4.26. The number of hydrogen-bond acceptors (Lipinski definition) is 5. The molecule has 1 fully saturated rings. The number of carbonyl (C=O) groups excluding carboxylic acids is 1. The van der Waals surface area contributed by atoms with Gasteiger partial charge in [0.1, 0.15) is 24.7 Å². The minimum absolute atomic E-state index is 0.164. The van der Waals surface area contributed by atoms with E-state index in [4.69, 9.17) is 9.57 Å². The Morgan fingerprint density at radius 2 is 2.20 bits per heavy atom. The number of rotatable bonds is 9. The number of halogens is 2. The smallest absolute Gasteiger partial charge is 0.293 e. The lowest BCUT2D eigenvalue weighted by Crippen LogP contribution is -2.28. The number of nitrogens with one attached hydrogen (secondary N) is 2. The van der Waals surface area contributed by atoms with E-state index in [1.807, 2.05) is 10.6 Å². The Kier molecular flexibility index (Phi) is 6.18. The van der Waals surface area contributed by atoms with Crippen molar-refractivity contribution in [2.24, 2.45) is 0 Å². The molecule has 3 aromatic rings. The van der Waals surface area contributed by atoms with E-state index in [9.17, 15) is 9.18 Å². The van der Waals surface area contributed by atoms with Gasteiger partial charge in [-0.2, -0.15) is 0 Å². The van der Waals surface area contributed by atoms with Gasteiger partial charge in [-0.3, -0.25) is 14.6 Å². The maximum Gasteiger partial charge on any atom is 0.293 e. The first kappa shape index (κ1) is 20.6. The van der Waals surface area contributed by atoms with E-state index in [1.165, 1.54) is 12.3 Å². The molecule has 0 radical (unpaired) electrons. The molecule has 2 aromatic heterocycles. The van der Waals surface area contributed by atoms with E-state index in [0.29, 0.717) is 11.4 Å². The Labute approximate surface area is 186 Å². The lowest BCUT2D eigenvalue weighted by atomic mass is 10.2. The van der Waals surface area contributed by atoms with Crippen molar-refractivity contribution < 1.29 is 18.8 Å². The number of hydroxylamine groups is 1. The van der Waals surface area contributed by atoms with Crippen molar-refractivity contribution in [3.8, 4) is 0 Å². The van der Waals surface area contributed by atoms with Crippen LogP contribution in [0.15, 0.2) is 49.5 Å². The summed E-state index contributed by atoms with van der Waals surface area (Å²) < 4.78 is 22.3. The van der Waals surface area contributed by atoms with E-state index < -0.39 is 11.7 Å². The van der Waals surface area contributed by atoms with E-state index in [1.54, 1.807) is 24.5 Å². The molecule has 7 nitrogen and oxygen atoms in total. The van der Waals surface area contributed by atoms with Crippen LogP contribution in [0.5, 0.6) is 0 Å². The van der Waals surface area contributed by atoms with Crippen LogP contribution in [0.1, 0.15) is 29.4 Å². The number of benzene rings is 1. The molecule has 9 heteroatoms. The molecule has 0 saturated heterocycles. The monoisotopic (exact) mass is 522 g/mol. The Morgan fingerprint density at radius 1 is 1.37 bits per heavy atom. The molecular formula is C21H20FIN4O3. The third-order valence-electron chi connectivity index (χ3n) is 4.71. The molecule has 0 atom stereocenters. The molecule has 30 heavy (non-hydrogen) atoms. The summed E-state index contributed by atoms with van der Waals surface area (Å²) in [6, 6.07) is 6.95. The number of pyridine rings is 1. The van der Waals surface area contributed by atoms with Crippen molar-refractivity contribution >= 4 is 50.8 Å². The van der Waals surface area contributed by atoms with Crippen LogP contribution in [0.4, 0.5) is 15.8 Å². The molecule has 1 aromatic carbocycles. The molecule has 1 amide bonds. The fourth-order valence-corrected chi connectivity index (χ4v) is 3.74. The molecule has 0 spiro atoms. The molecule has 1 aliphatic rings. The molecule has 4 rings (SSSR count). The first-order valence-corrected chi connectivity index (χ1v) is 10.5. The van der Waals surface area contributed by atoms with E-state index in [0.717, 1.165) is 27.3 Å². The topological polar surface area (TPSA) is 77.4 Å². The van der Waals surface area contributed by atoms with Gasteiger partial charge >= 0.3 is 0 Å². The molecule has 1 saturated carbocycles. The summed E-state index contributed by atoms with van der Waals surface area (Å²) in [7, 11) is 0. The number of carbonyl (C=O) groups is 1. The van der Waals surface area contributed by atoms with Gasteiger partial charge in [-0.15, -0.1) is 0 Å². The maximum absolute atomic E-state index is 14.5. The minimum atomic E-state index is -0.426. The van der Waals surface area contributed by atoms with Gasteiger partial charge in [-0.25, -0.2) is 9.87 Å². The number of anilines is 2. The van der Waals surface area contributed by atoms with Crippen LogP contribution in [-0.4, -0.2) is 28.7 Å². The Balaban J connectivity index is 1.73. The standard InChI is InChI=1S/C21H20FIN4O3/c1-2-29-9-10-30-26-21(28)20-19(25-17-6-3-13(23)11-16(17)22)15-12-24-8-7-18(15)27(20)14-4-5-14/h2-3,6-8,11-12,14,25H,1,4-5,9-10H2,(H,26,28). The van der Waals surface area contributed by atoms with Gasteiger partial charge in [0.2, 0.25) is 0 Å². The Morgan fingerprint density at radius 3 is 2.93 bits per heavy atom. The average molecular weight is 522 g/mol. The van der Waals surface area contributed by atoms with Gasteiger partial charge in [-0.05, 0) is 59.7 Å². The third-order valence-corrected chi connectivity index (χ3v) is 5.38. The highest BCUT2D eigenvalue weighted by Gasteiger charge is 2.33. The van der Waals surface area contributed by atoms with Crippen molar-refractivity contribution in [1.29, 1.82) is 0 Å². The number of amides is 1. The normalized spacial score (nSPS) is 13.3. The zero-order valence-corrected chi connectivity index (χ0v) is 18.2. The van der Waals surface area contributed by atoms with Crippen LogP contribution in [0.3, 0.4) is 0 Å². The SMILES string of the molecule is C=COCCONC(=O)c1c(Nc2ccc(I)cc2F)c2cnccc2n1C1CC1. The first-order valence-electron chi connectivity index (χ1n) is 9.44. The van der Waals surface area contributed by atoms with Crippen LogP contribution >= 0.6 is 22.6 Å². The molecule has 0 unspecified atom stereocenters.